The molecule has 6 nitrogen and oxygen atoms in total. The lowest BCUT2D eigenvalue weighted by Gasteiger charge is -2.24. The number of aromatic nitrogens is 2. The molecule has 0 aromatic carbocycles. The van der Waals surface area contributed by atoms with Crippen molar-refractivity contribution in [2.75, 3.05) is 13.1 Å². The highest BCUT2D eigenvalue weighted by molar-refractivity contribution is 6.29. The summed E-state index contributed by atoms with van der Waals surface area (Å²) < 4.78 is 11.4. The highest BCUT2D eigenvalue weighted by Gasteiger charge is 2.34. The fourth-order valence-corrected chi connectivity index (χ4v) is 2.70. The lowest BCUT2D eigenvalue weighted by molar-refractivity contribution is 0.0274. The number of halogens is 1. The second-order valence-electron chi connectivity index (χ2n) is 7.11. The molecule has 126 valence electrons. The molecule has 3 rings (SSSR count). The zero-order valence-electron chi connectivity index (χ0n) is 13.7. The summed E-state index contributed by atoms with van der Waals surface area (Å²) in [5, 5.41) is 0.390. The summed E-state index contributed by atoms with van der Waals surface area (Å²) in [7, 11) is 0. The van der Waals surface area contributed by atoms with Crippen LogP contribution in [-0.2, 0) is 4.74 Å². The minimum Gasteiger partial charge on any atom is -0.471 e. The van der Waals surface area contributed by atoms with Gasteiger partial charge in [0.2, 0.25) is 5.88 Å². The van der Waals surface area contributed by atoms with Crippen molar-refractivity contribution < 1.29 is 14.3 Å². The molecule has 0 radical (unpaired) electrons. The highest BCUT2D eigenvalue weighted by Crippen LogP contribution is 2.43. The van der Waals surface area contributed by atoms with Gasteiger partial charge in [0.25, 0.3) is 0 Å². The van der Waals surface area contributed by atoms with Crippen molar-refractivity contribution in [2.45, 2.75) is 57.7 Å². The molecule has 2 aliphatic rings. The van der Waals surface area contributed by atoms with Crippen LogP contribution >= 0.6 is 11.6 Å². The Balaban J connectivity index is 1.61. The molecule has 1 amide bonds. The molecule has 1 aliphatic carbocycles. The monoisotopic (exact) mass is 339 g/mol. The topological polar surface area (TPSA) is 64.5 Å². The van der Waals surface area contributed by atoms with E-state index in [2.05, 4.69) is 9.97 Å². The molecule has 1 unspecified atom stereocenters. The summed E-state index contributed by atoms with van der Waals surface area (Å²) in [6, 6.07) is 0. The van der Waals surface area contributed by atoms with Crippen LogP contribution in [0.1, 0.15) is 51.6 Å². The summed E-state index contributed by atoms with van der Waals surface area (Å²) in [6.45, 7) is 6.71. The van der Waals surface area contributed by atoms with Crippen LogP contribution in [0.3, 0.4) is 0 Å². The average molecular weight is 340 g/mol. The third kappa shape index (κ3) is 4.25. The van der Waals surface area contributed by atoms with E-state index in [0.717, 1.165) is 25.0 Å². The Morgan fingerprint density at radius 1 is 1.35 bits per heavy atom. The number of ether oxygens (including phenoxy) is 2. The lowest BCUT2D eigenvalue weighted by atomic mass is 10.2. The predicted octanol–water partition coefficient (Wildman–Crippen LogP) is 3.40. The molecule has 1 aromatic rings. The smallest absolute Gasteiger partial charge is 0.410 e. The highest BCUT2D eigenvalue weighted by atomic mass is 35.5. The molecule has 1 saturated heterocycles. The van der Waals surface area contributed by atoms with E-state index in [1.807, 2.05) is 20.8 Å². The zero-order valence-corrected chi connectivity index (χ0v) is 14.5. The first kappa shape index (κ1) is 16.3. The lowest BCUT2D eigenvalue weighted by Crippen LogP contribution is -2.36. The third-order valence-electron chi connectivity index (χ3n) is 3.77. The normalized spacial score (nSPS) is 21.4. The van der Waals surface area contributed by atoms with E-state index in [4.69, 9.17) is 21.1 Å². The molecule has 1 aromatic heterocycles. The number of hydrogen-bond donors (Lipinski definition) is 0. The third-order valence-corrected chi connectivity index (χ3v) is 3.96. The molecule has 0 spiro atoms. The Bertz CT molecular complexity index is 599. The number of rotatable bonds is 3. The number of hydrogen-bond acceptors (Lipinski definition) is 5. The molecule has 1 atom stereocenters. The second-order valence-corrected chi connectivity index (χ2v) is 7.50. The Morgan fingerprint density at radius 3 is 2.74 bits per heavy atom. The first-order chi connectivity index (χ1) is 10.8. The van der Waals surface area contributed by atoms with Gasteiger partial charge in [-0.05, 0) is 33.6 Å². The van der Waals surface area contributed by atoms with Gasteiger partial charge in [0.15, 0.2) is 0 Å². The minimum atomic E-state index is -0.489. The number of carbonyl (C=O) groups excluding carboxylic acids is 1. The molecule has 23 heavy (non-hydrogen) atoms. The van der Waals surface area contributed by atoms with Gasteiger partial charge < -0.3 is 14.4 Å². The number of carbonyl (C=O) groups is 1. The van der Waals surface area contributed by atoms with E-state index in [1.165, 1.54) is 6.20 Å². The molecular formula is C16H22ClN3O3. The van der Waals surface area contributed by atoms with Crippen molar-refractivity contribution in [3.8, 4) is 5.88 Å². The van der Waals surface area contributed by atoms with Gasteiger partial charge >= 0.3 is 6.09 Å². The van der Waals surface area contributed by atoms with Crippen molar-refractivity contribution in [3.63, 3.8) is 0 Å². The van der Waals surface area contributed by atoms with E-state index >= 15 is 0 Å². The van der Waals surface area contributed by atoms with Gasteiger partial charge in [0.05, 0.1) is 12.7 Å². The fourth-order valence-electron chi connectivity index (χ4n) is 2.56. The van der Waals surface area contributed by atoms with Crippen molar-refractivity contribution >= 4 is 17.7 Å². The zero-order chi connectivity index (χ0) is 16.6. The van der Waals surface area contributed by atoms with E-state index in [1.54, 1.807) is 4.90 Å². The number of amides is 1. The van der Waals surface area contributed by atoms with Gasteiger partial charge in [0.1, 0.15) is 22.6 Å². The Morgan fingerprint density at radius 2 is 2.09 bits per heavy atom. The molecule has 2 fully saturated rings. The molecule has 0 bridgehead atoms. The number of likely N-dealkylation sites (tertiary alicyclic amines) is 1. The van der Waals surface area contributed by atoms with Crippen molar-refractivity contribution in [1.29, 1.82) is 0 Å². The van der Waals surface area contributed by atoms with Crippen molar-refractivity contribution in [3.05, 3.63) is 17.0 Å². The molecule has 0 N–H and O–H groups in total. The Labute approximate surface area is 141 Å². The van der Waals surface area contributed by atoms with Gasteiger partial charge in [-0.1, -0.05) is 11.6 Å². The van der Waals surface area contributed by atoms with Crippen molar-refractivity contribution in [2.24, 2.45) is 0 Å². The summed E-state index contributed by atoms with van der Waals surface area (Å²) in [5.74, 6) is 0.951. The maximum absolute atomic E-state index is 12.1. The summed E-state index contributed by atoms with van der Waals surface area (Å²) in [5.41, 5.74) is 0.352. The van der Waals surface area contributed by atoms with Gasteiger partial charge in [-0.3, -0.25) is 0 Å². The predicted molar refractivity (Wildman–Crippen MR) is 85.9 cm³/mol. The molecule has 1 saturated carbocycles. The van der Waals surface area contributed by atoms with E-state index in [0.29, 0.717) is 30.0 Å². The van der Waals surface area contributed by atoms with Crippen LogP contribution in [0.4, 0.5) is 4.79 Å². The van der Waals surface area contributed by atoms with Crippen LogP contribution in [0.5, 0.6) is 5.88 Å². The molecule has 7 heteroatoms. The largest absolute Gasteiger partial charge is 0.471 e. The van der Waals surface area contributed by atoms with Crippen LogP contribution in [0.15, 0.2) is 6.20 Å². The van der Waals surface area contributed by atoms with E-state index in [9.17, 15) is 4.79 Å². The van der Waals surface area contributed by atoms with Gasteiger partial charge in [-0.25, -0.2) is 14.8 Å². The van der Waals surface area contributed by atoms with Crippen LogP contribution in [-0.4, -0.2) is 45.8 Å². The van der Waals surface area contributed by atoms with Gasteiger partial charge in [-0.2, -0.15) is 0 Å². The Hall–Kier alpha value is -1.56. The SMILES string of the molecule is CC(C)(C)OC(=O)N1CCC(Oc2ncc(Cl)nc2C2CC2)C1. The maximum atomic E-state index is 12.1. The van der Waals surface area contributed by atoms with Crippen LogP contribution in [0.25, 0.3) is 0 Å². The fraction of sp³-hybridized carbons (Fsp3) is 0.688. The van der Waals surface area contributed by atoms with Crippen molar-refractivity contribution in [1.82, 2.24) is 14.9 Å². The summed E-state index contributed by atoms with van der Waals surface area (Å²) >= 11 is 5.93. The minimum absolute atomic E-state index is 0.0875. The maximum Gasteiger partial charge on any atom is 0.410 e. The van der Waals surface area contributed by atoms with Gasteiger partial charge in [0, 0.05) is 18.9 Å². The first-order valence-corrected chi connectivity index (χ1v) is 8.36. The average Bonchev–Trinajstić information content (AvgIpc) is 3.18. The quantitative estimate of drug-likeness (QED) is 0.844. The summed E-state index contributed by atoms with van der Waals surface area (Å²) in [4.78, 5) is 22.4. The molecule has 2 heterocycles. The van der Waals surface area contributed by atoms with Crippen LogP contribution in [0, 0.1) is 0 Å². The number of nitrogens with zero attached hydrogens (tertiary/aromatic N) is 3. The van der Waals surface area contributed by atoms with E-state index in [-0.39, 0.29) is 12.2 Å². The van der Waals surface area contributed by atoms with Crippen LogP contribution in [0.2, 0.25) is 5.15 Å². The first-order valence-electron chi connectivity index (χ1n) is 7.99. The van der Waals surface area contributed by atoms with Crippen LogP contribution < -0.4 is 4.74 Å². The standard InChI is InChI=1S/C16H22ClN3O3/c1-16(2,3)23-15(21)20-7-6-11(9-20)22-14-13(10-4-5-10)19-12(17)8-18-14/h8,10-11H,4-7,9H2,1-3H3. The van der Waals surface area contributed by atoms with Gasteiger partial charge in [-0.15, -0.1) is 0 Å². The summed E-state index contributed by atoms with van der Waals surface area (Å²) in [6.07, 6.45) is 4.07. The van der Waals surface area contributed by atoms with E-state index < -0.39 is 5.60 Å². The molecular weight excluding hydrogens is 318 g/mol. The molecule has 1 aliphatic heterocycles. The second kappa shape index (κ2) is 6.15. The Kier molecular flexibility index (Phi) is 4.36.